The fraction of sp³-hybridized carbons (Fsp3) is 0. The van der Waals surface area contributed by atoms with Crippen LogP contribution >= 0.6 is 0 Å². The third-order valence-corrected chi connectivity index (χ3v) is 0. The molecule has 0 atom stereocenters. The molecular weight excluding hydrogens is 288 g/mol. The molecule has 0 amide bonds. The monoisotopic (exact) mass is 289 g/mol. The van der Waals surface area contributed by atoms with E-state index in [1.807, 2.05) is 0 Å². The van der Waals surface area contributed by atoms with Crippen LogP contribution in [0.25, 0.3) is 0 Å². The van der Waals surface area contributed by atoms with Crippen molar-refractivity contribution in [3.63, 3.8) is 0 Å². The molecule has 0 aliphatic heterocycles. The van der Waals surface area contributed by atoms with E-state index in [0.717, 1.165) is 0 Å². The summed E-state index contributed by atoms with van der Waals surface area (Å²) in [6, 6.07) is 0. The second-order valence-corrected chi connectivity index (χ2v) is 0. The summed E-state index contributed by atoms with van der Waals surface area (Å²) in [6.07, 6.45) is 0. The van der Waals surface area contributed by atoms with Gasteiger partial charge in [0.1, 0.15) is 0 Å². The van der Waals surface area contributed by atoms with Crippen molar-refractivity contribution in [1.82, 2.24) is 0 Å². The van der Waals surface area contributed by atoms with Gasteiger partial charge in [0.2, 0.25) is 0 Å². The SMILES string of the molecule is [Cu+2].[Mo+6].[S-2].[S-2].[S-2].[S-2]. The molecule has 0 N–H and O–H groups in total. The van der Waals surface area contributed by atoms with Crippen LogP contribution in [-0.4, -0.2) is 0 Å². The minimum absolute atomic E-state index is 0. The van der Waals surface area contributed by atoms with Crippen LogP contribution in [0, 0.1) is 0 Å². The topological polar surface area (TPSA) is 0 Å². The molecule has 0 aliphatic rings. The Labute approximate surface area is 91.1 Å². The second kappa shape index (κ2) is 48.8. The summed E-state index contributed by atoms with van der Waals surface area (Å²) in [4.78, 5) is 0. The van der Waals surface area contributed by atoms with Crippen molar-refractivity contribution in [2.45, 2.75) is 0 Å². The summed E-state index contributed by atoms with van der Waals surface area (Å²) in [6.45, 7) is 0. The Morgan fingerprint density at radius 1 is 0.500 bits per heavy atom. The van der Waals surface area contributed by atoms with Gasteiger partial charge in [0.25, 0.3) is 0 Å². The van der Waals surface area contributed by atoms with Gasteiger partial charge in [-0.3, -0.25) is 0 Å². The van der Waals surface area contributed by atoms with Crippen LogP contribution in [0.5, 0.6) is 0 Å². The van der Waals surface area contributed by atoms with Crippen molar-refractivity contribution in [2.75, 3.05) is 0 Å². The van der Waals surface area contributed by atoms with Crippen LogP contribution < -0.4 is 0 Å². The number of rotatable bonds is 0. The van der Waals surface area contributed by atoms with Crippen molar-refractivity contribution in [3.05, 3.63) is 0 Å². The van der Waals surface area contributed by atoms with Crippen molar-refractivity contribution < 1.29 is 38.1 Å². The first-order valence-corrected chi connectivity index (χ1v) is 0. The molecule has 0 unspecified atom stereocenters. The third kappa shape index (κ3) is 30.6. The summed E-state index contributed by atoms with van der Waals surface area (Å²) in [7, 11) is 0. The largest absolute Gasteiger partial charge is 6.00 e. The molecular formula is CuMoS4. The fourth-order valence-electron chi connectivity index (χ4n) is 0. The van der Waals surface area contributed by atoms with Crippen molar-refractivity contribution in [3.8, 4) is 0 Å². The van der Waals surface area contributed by atoms with Crippen molar-refractivity contribution in [1.29, 1.82) is 0 Å². The third-order valence-electron chi connectivity index (χ3n) is 0. The molecule has 6 heteroatoms. The van der Waals surface area contributed by atoms with Crippen LogP contribution in [0.15, 0.2) is 0 Å². The van der Waals surface area contributed by atoms with Crippen molar-refractivity contribution >= 4 is 54.0 Å². The van der Waals surface area contributed by atoms with Gasteiger partial charge in [-0.1, -0.05) is 0 Å². The van der Waals surface area contributed by atoms with Crippen LogP contribution in [0.3, 0.4) is 0 Å². The van der Waals surface area contributed by atoms with Gasteiger partial charge < -0.3 is 54.0 Å². The van der Waals surface area contributed by atoms with E-state index in [9.17, 15) is 0 Å². The molecule has 0 aromatic heterocycles. The molecule has 0 heterocycles. The smallest absolute Gasteiger partial charge is 2.00 e. The first-order chi connectivity index (χ1) is 0. The maximum atomic E-state index is 0. The van der Waals surface area contributed by atoms with Gasteiger partial charge in [-0.2, -0.15) is 0 Å². The van der Waals surface area contributed by atoms with Gasteiger partial charge in [0, 0.05) is 0 Å². The molecule has 0 fully saturated rings. The Morgan fingerprint density at radius 3 is 0.500 bits per heavy atom. The predicted molar refractivity (Wildman–Crippen MR) is 29.5 cm³/mol. The van der Waals surface area contributed by atoms with E-state index in [4.69, 9.17) is 0 Å². The molecule has 0 spiro atoms. The van der Waals surface area contributed by atoms with Crippen LogP contribution in [0.4, 0.5) is 0 Å². The van der Waals surface area contributed by atoms with E-state index < -0.39 is 0 Å². The summed E-state index contributed by atoms with van der Waals surface area (Å²) in [5.74, 6) is 0. The van der Waals surface area contributed by atoms with Crippen molar-refractivity contribution in [2.24, 2.45) is 0 Å². The Hall–Kier alpha value is 2.61. The molecule has 0 nitrogen and oxygen atoms in total. The van der Waals surface area contributed by atoms with E-state index in [0.29, 0.717) is 0 Å². The zero-order chi connectivity index (χ0) is 0. The van der Waals surface area contributed by atoms with E-state index in [1.54, 1.807) is 0 Å². The molecule has 0 rings (SSSR count). The average Bonchev–Trinajstić information content (AvgIpc) is 0. The predicted octanol–water partition coefficient (Wildman–Crippen LogP) is -0.0146. The molecule has 0 aromatic carbocycles. The summed E-state index contributed by atoms with van der Waals surface area (Å²) in [5, 5.41) is 0. The summed E-state index contributed by atoms with van der Waals surface area (Å²) < 4.78 is 0. The summed E-state index contributed by atoms with van der Waals surface area (Å²) in [5.41, 5.74) is 0. The minimum Gasteiger partial charge on any atom is -2.00 e. The standard InChI is InChI=1S/Cu.Mo.4S/q+2;+6;4*-2. The summed E-state index contributed by atoms with van der Waals surface area (Å²) >= 11 is 0. The molecule has 1 radical (unpaired) electrons. The van der Waals surface area contributed by atoms with Gasteiger partial charge in [-0.25, -0.2) is 0 Å². The maximum Gasteiger partial charge on any atom is 6.00 e. The van der Waals surface area contributed by atoms with Gasteiger partial charge in [0.05, 0.1) is 0 Å². The first-order valence-electron chi connectivity index (χ1n) is 0. The van der Waals surface area contributed by atoms with E-state index in [-0.39, 0.29) is 92.1 Å². The zero-order valence-electron chi connectivity index (χ0n) is 2.34. The van der Waals surface area contributed by atoms with Gasteiger partial charge in [0.15, 0.2) is 0 Å². The normalized spacial score (nSPS) is 0. The van der Waals surface area contributed by atoms with Gasteiger partial charge >= 0.3 is 38.1 Å². The Bertz CT molecular complexity index is 7.51. The van der Waals surface area contributed by atoms with Gasteiger partial charge in [-0.15, -0.1) is 0 Å². The second-order valence-electron chi connectivity index (χ2n) is 0. The number of hydrogen-bond acceptors (Lipinski definition) is 0. The quantitative estimate of drug-likeness (QED) is 0.550. The fourth-order valence-corrected chi connectivity index (χ4v) is 0. The zero-order valence-corrected chi connectivity index (χ0v) is 8.56. The number of hydrogen-bond donors (Lipinski definition) is 0. The van der Waals surface area contributed by atoms with Crippen LogP contribution in [0.2, 0.25) is 0 Å². The maximum absolute atomic E-state index is 0. The molecule has 41 valence electrons. The first kappa shape index (κ1) is 73.3. The van der Waals surface area contributed by atoms with E-state index in [2.05, 4.69) is 0 Å². The Kier molecular flexibility index (Phi) is 596. The molecule has 0 aromatic rings. The molecule has 0 bridgehead atoms. The van der Waals surface area contributed by atoms with Gasteiger partial charge in [-0.05, 0) is 0 Å². The van der Waals surface area contributed by atoms with Crippen LogP contribution in [-0.2, 0) is 92.1 Å². The molecule has 0 saturated carbocycles. The minimum atomic E-state index is 0. The molecule has 0 aliphatic carbocycles. The average molecular weight is 288 g/mol. The molecule has 6 heavy (non-hydrogen) atoms. The Balaban J connectivity index is 0. The molecule has 0 saturated heterocycles. The van der Waals surface area contributed by atoms with E-state index in [1.165, 1.54) is 0 Å². The van der Waals surface area contributed by atoms with E-state index >= 15 is 0 Å². The Morgan fingerprint density at radius 2 is 0.500 bits per heavy atom. The van der Waals surface area contributed by atoms with Crippen LogP contribution in [0.1, 0.15) is 0 Å².